The van der Waals surface area contributed by atoms with Gasteiger partial charge in [0.25, 0.3) is 0 Å². The Bertz CT molecular complexity index is 1430. The molecule has 36 heavy (non-hydrogen) atoms. The number of para-hydroxylation sites is 1. The number of piperazine rings is 1. The lowest BCUT2D eigenvalue weighted by atomic mass is 10.2. The van der Waals surface area contributed by atoms with Crippen LogP contribution in [0.5, 0.6) is 11.5 Å². The van der Waals surface area contributed by atoms with Crippen LogP contribution in [0.4, 0.5) is 17.2 Å². The molecular weight excluding hydrogens is 462 g/mol. The standard InChI is InChI=1S/C25H27N7O4/c1-35-19-8-9-20(21(14-19)36-2)27-24(33)16-32-25(34)31-17-26-22(15-23(31)28-32)30-12-10-29(11-13-30)18-6-4-3-5-7-18/h3-9,14-15,17H,10-13,16H2,1-2H3,(H,27,33). The van der Waals surface area contributed by atoms with Crippen LogP contribution in [0.25, 0.3) is 5.65 Å². The number of hydrogen-bond donors (Lipinski definition) is 1. The van der Waals surface area contributed by atoms with Crippen molar-refractivity contribution in [2.24, 2.45) is 0 Å². The van der Waals surface area contributed by atoms with E-state index in [1.807, 2.05) is 18.2 Å². The van der Waals surface area contributed by atoms with E-state index in [1.165, 1.54) is 23.5 Å². The van der Waals surface area contributed by atoms with E-state index in [9.17, 15) is 9.59 Å². The van der Waals surface area contributed by atoms with Gasteiger partial charge in [0, 0.05) is 44.0 Å². The summed E-state index contributed by atoms with van der Waals surface area (Å²) in [6.07, 6.45) is 1.46. The second-order valence-corrected chi connectivity index (χ2v) is 8.34. The molecule has 1 saturated heterocycles. The van der Waals surface area contributed by atoms with E-state index in [0.717, 1.165) is 36.7 Å². The molecule has 11 heteroatoms. The van der Waals surface area contributed by atoms with Crippen LogP contribution in [0.15, 0.2) is 65.7 Å². The average Bonchev–Trinajstić information content (AvgIpc) is 3.23. The van der Waals surface area contributed by atoms with Crippen LogP contribution in [-0.4, -0.2) is 65.5 Å². The predicted octanol–water partition coefficient (Wildman–Crippen LogP) is 1.87. The summed E-state index contributed by atoms with van der Waals surface area (Å²) in [5, 5.41) is 7.12. The van der Waals surface area contributed by atoms with Gasteiger partial charge in [-0.15, -0.1) is 5.10 Å². The van der Waals surface area contributed by atoms with E-state index in [-0.39, 0.29) is 6.54 Å². The van der Waals surface area contributed by atoms with Gasteiger partial charge in [-0.3, -0.25) is 4.79 Å². The number of anilines is 3. The molecule has 0 spiro atoms. The Morgan fingerprint density at radius 1 is 0.972 bits per heavy atom. The van der Waals surface area contributed by atoms with E-state index in [4.69, 9.17) is 9.47 Å². The van der Waals surface area contributed by atoms with Crippen molar-refractivity contribution < 1.29 is 14.3 Å². The number of aromatic nitrogens is 4. The van der Waals surface area contributed by atoms with Crippen molar-refractivity contribution in [3.63, 3.8) is 0 Å². The third-order valence-electron chi connectivity index (χ3n) is 6.16. The maximum atomic E-state index is 12.8. The minimum Gasteiger partial charge on any atom is -0.497 e. The van der Waals surface area contributed by atoms with Crippen molar-refractivity contribution in [1.82, 2.24) is 19.2 Å². The van der Waals surface area contributed by atoms with Crippen molar-refractivity contribution in [2.45, 2.75) is 6.54 Å². The molecular formula is C25H27N7O4. The molecule has 186 valence electrons. The molecule has 2 aromatic heterocycles. The normalized spacial score (nSPS) is 13.6. The van der Waals surface area contributed by atoms with Gasteiger partial charge in [-0.25, -0.2) is 18.9 Å². The highest BCUT2D eigenvalue weighted by Crippen LogP contribution is 2.29. The SMILES string of the molecule is COc1ccc(NC(=O)Cn2nc3cc(N4CCN(c5ccccc5)CC4)ncn3c2=O)c(OC)c1. The number of fused-ring (bicyclic) bond motifs is 1. The Hall–Kier alpha value is -4.54. The Balaban J connectivity index is 1.28. The molecule has 1 aliphatic heterocycles. The summed E-state index contributed by atoms with van der Waals surface area (Å²) in [5.74, 6) is 1.39. The molecule has 1 amide bonds. The van der Waals surface area contributed by atoms with Crippen LogP contribution < -0.4 is 30.3 Å². The Labute approximate surface area is 207 Å². The number of methoxy groups -OCH3 is 2. The predicted molar refractivity (Wildman–Crippen MR) is 136 cm³/mol. The van der Waals surface area contributed by atoms with E-state index in [2.05, 4.69) is 37.3 Å². The highest BCUT2D eigenvalue weighted by atomic mass is 16.5. The summed E-state index contributed by atoms with van der Waals surface area (Å²) >= 11 is 0. The molecule has 1 N–H and O–H groups in total. The molecule has 1 fully saturated rings. The van der Waals surface area contributed by atoms with Gasteiger partial charge in [-0.1, -0.05) is 18.2 Å². The van der Waals surface area contributed by atoms with Gasteiger partial charge >= 0.3 is 5.69 Å². The molecule has 3 heterocycles. The first-order valence-electron chi connectivity index (χ1n) is 11.6. The fourth-order valence-electron chi connectivity index (χ4n) is 4.25. The fraction of sp³-hybridized carbons (Fsp3) is 0.280. The lowest BCUT2D eigenvalue weighted by Crippen LogP contribution is -2.46. The van der Waals surface area contributed by atoms with Crippen LogP contribution in [-0.2, 0) is 11.3 Å². The number of carbonyl (C=O) groups excluding carboxylic acids is 1. The first-order chi connectivity index (χ1) is 17.6. The summed E-state index contributed by atoms with van der Waals surface area (Å²) in [7, 11) is 3.05. The van der Waals surface area contributed by atoms with Gasteiger partial charge in [-0.2, -0.15) is 0 Å². The van der Waals surface area contributed by atoms with E-state index in [1.54, 1.807) is 31.4 Å². The van der Waals surface area contributed by atoms with Crippen molar-refractivity contribution in [3.8, 4) is 11.5 Å². The zero-order valence-electron chi connectivity index (χ0n) is 20.1. The Kier molecular flexibility index (Phi) is 6.44. The van der Waals surface area contributed by atoms with Crippen LogP contribution in [0.2, 0.25) is 0 Å². The van der Waals surface area contributed by atoms with Crippen molar-refractivity contribution in [1.29, 1.82) is 0 Å². The van der Waals surface area contributed by atoms with Gasteiger partial charge in [-0.05, 0) is 24.3 Å². The Morgan fingerprint density at radius 3 is 2.44 bits per heavy atom. The van der Waals surface area contributed by atoms with Gasteiger partial charge < -0.3 is 24.6 Å². The summed E-state index contributed by atoms with van der Waals surface area (Å²) < 4.78 is 13.0. The van der Waals surface area contributed by atoms with Gasteiger partial charge in [0.05, 0.1) is 19.9 Å². The molecule has 0 aliphatic carbocycles. The van der Waals surface area contributed by atoms with Crippen LogP contribution >= 0.6 is 0 Å². The number of nitrogens with zero attached hydrogens (tertiary/aromatic N) is 6. The summed E-state index contributed by atoms with van der Waals surface area (Å²) in [5.41, 5.74) is 1.68. The molecule has 0 atom stereocenters. The van der Waals surface area contributed by atoms with E-state index in [0.29, 0.717) is 22.8 Å². The van der Waals surface area contributed by atoms with Crippen molar-refractivity contribution >= 4 is 28.7 Å². The maximum absolute atomic E-state index is 12.8. The third-order valence-corrected chi connectivity index (χ3v) is 6.16. The quantitative estimate of drug-likeness (QED) is 0.420. The second-order valence-electron chi connectivity index (χ2n) is 8.34. The minimum atomic E-state index is -0.435. The summed E-state index contributed by atoms with van der Waals surface area (Å²) in [6, 6.07) is 17.1. The molecule has 0 bridgehead atoms. The molecule has 0 radical (unpaired) electrons. The summed E-state index contributed by atoms with van der Waals surface area (Å²) in [4.78, 5) is 34.4. The van der Waals surface area contributed by atoms with Crippen molar-refractivity contribution in [3.05, 3.63) is 71.4 Å². The zero-order chi connectivity index (χ0) is 25.1. The molecule has 5 rings (SSSR count). The molecule has 4 aromatic rings. The lowest BCUT2D eigenvalue weighted by Gasteiger charge is -2.36. The zero-order valence-corrected chi connectivity index (χ0v) is 20.1. The fourth-order valence-corrected chi connectivity index (χ4v) is 4.25. The highest BCUT2D eigenvalue weighted by Gasteiger charge is 2.20. The smallest absolute Gasteiger partial charge is 0.352 e. The summed E-state index contributed by atoms with van der Waals surface area (Å²) in [6.45, 7) is 3.09. The van der Waals surface area contributed by atoms with Crippen LogP contribution in [0, 0.1) is 0 Å². The average molecular weight is 490 g/mol. The number of ether oxygens (including phenoxy) is 2. The van der Waals surface area contributed by atoms with Crippen LogP contribution in [0.1, 0.15) is 0 Å². The van der Waals surface area contributed by atoms with Crippen LogP contribution in [0.3, 0.4) is 0 Å². The van der Waals surface area contributed by atoms with E-state index < -0.39 is 11.6 Å². The minimum absolute atomic E-state index is 0.249. The molecule has 0 unspecified atom stereocenters. The first-order valence-corrected chi connectivity index (χ1v) is 11.6. The second kappa shape index (κ2) is 9.98. The number of amides is 1. The Morgan fingerprint density at radius 2 is 1.72 bits per heavy atom. The molecule has 0 saturated carbocycles. The van der Waals surface area contributed by atoms with E-state index >= 15 is 0 Å². The lowest BCUT2D eigenvalue weighted by molar-refractivity contribution is -0.117. The van der Waals surface area contributed by atoms with Gasteiger partial charge in [0.15, 0.2) is 5.65 Å². The maximum Gasteiger partial charge on any atom is 0.352 e. The molecule has 1 aliphatic rings. The first kappa shape index (κ1) is 23.2. The number of carbonyl (C=O) groups is 1. The number of benzene rings is 2. The molecule has 11 nitrogen and oxygen atoms in total. The number of rotatable bonds is 7. The molecule has 2 aromatic carbocycles. The van der Waals surface area contributed by atoms with Gasteiger partial charge in [0.1, 0.15) is 30.2 Å². The highest BCUT2D eigenvalue weighted by molar-refractivity contribution is 5.92. The van der Waals surface area contributed by atoms with Gasteiger partial charge in [0.2, 0.25) is 5.91 Å². The monoisotopic (exact) mass is 489 g/mol. The largest absolute Gasteiger partial charge is 0.497 e. The third kappa shape index (κ3) is 4.67. The number of nitrogens with one attached hydrogen (secondary N) is 1. The topological polar surface area (TPSA) is 106 Å². The van der Waals surface area contributed by atoms with Crippen molar-refractivity contribution in [2.75, 3.05) is 55.5 Å². The number of hydrogen-bond acceptors (Lipinski definition) is 8.